The smallest absolute Gasteiger partial charge is 0.237 e. The van der Waals surface area contributed by atoms with Gasteiger partial charge in [0.1, 0.15) is 5.82 Å². The molecule has 124 valence electrons. The van der Waals surface area contributed by atoms with Crippen LogP contribution in [0, 0.1) is 5.82 Å². The normalized spacial score (nSPS) is 12.9. The first-order valence-electron chi connectivity index (χ1n) is 7.13. The van der Waals surface area contributed by atoms with Gasteiger partial charge in [0.25, 0.3) is 0 Å². The average molecular weight is 337 g/mol. The van der Waals surface area contributed by atoms with Crippen LogP contribution < -0.4 is 11.2 Å². The molecule has 1 aromatic heterocycles. The van der Waals surface area contributed by atoms with Crippen LogP contribution >= 0.6 is 11.8 Å². The maximum Gasteiger partial charge on any atom is 0.237 e. The molecule has 23 heavy (non-hydrogen) atoms. The number of carbonyl (C=O) groups is 1. The molecule has 1 heterocycles. The van der Waals surface area contributed by atoms with Gasteiger partial charge in [-0.05, 0) is 19.1 Å². The number of halogens is 1. The number of rotatable bonds is 4. The van der Waals surface area contributed by atoms with Gasteiger partial charge in [0.15, 0.2) is 5.82 Å². The van der Waals surface area contributed by atoms with E-state index in [9.17, 15) is 9.18 Å². The lowest BCUT2D eigenvalue weighted by atomic mass is 9.96. The van der Waals surface area contributed by atoms with E-state index < -0.39 is 11.1 Å². The van der Waals surface area contributed by atoms with Crippen molar-refractivity contribution in [2.24, 2.45) is 0 Å². The highest BCUT2D eigenvalue weighted by Crippen LogP contribution is 2.26. The number of hydrogen-bond donors (Lipinski definition) is 2. The molecule has 0 aliphatic rings. The lowest BCUT2D eigenvalue weighted by Crippen LogP contribution is -2.26. The van der Waals surface area contributed by atoms with Gasteiger partial charge >= 0.3 is 0 Å². The maximum absolute atomic E-state index is 13.6. The highest BCUT2D eigenvalue weighted by molar-refractivity contribution is 8.00. The van der Waals surface area contributed by atoms with Crippen molar-refractivity contribution in [2.45, 2.75) is 43.5 Å². The number of nitrogen functional groups attached to an aromatic ring is 1. The molecular formula is C15H20FN5OS. The molecule has 0 radical (unpaired) electrons. The number of aromatic nitrogens is 3. The van der Waals surface area contributed by atoms with Crippen molar-refractivity contribution >= 4 is 23.4 Å². The average Bonchev–Trinajstić information content (AvgIpc) is 2.82. The molecular weight excluding hydrogens is 317 g/mol. The van der Waals surface area contributed by atoms with Crippen molar-refractivity contribution in [3.8, 4) is 0 Å². The fourth-order valence-electron chi connectivity index (χ4n) is 1.88. The fourth-order valence-corrected chi connectivity index (χ4v) is 2.65. The minimum absolute atomic E-state index is 0.148. The summed E-state index contributed by atoms with van der Waals surface area (Å²) in [6, 6.07) is 6.02. The zero-order valence-electron chi connectivity index (χ0n) is 13.5. The quantitative estimate of drug-likeness (QED) is 0.661. The third-order valence-corrected chi connectivity index (χ3v) is 4.18. The van der Waals surface area contributed by atoms with Crippen LogP contribution in [0.2, 0.25) is 0 Å². The molecule has 2 aromatic rings. The molecule has 6 nitrogen and oxygen atoms in total. The van der Waals surface area contributed by atoms with E-state index in [1.807, 2.05) is 20.8 Å². The van der Waals surface area contributed by atoms with Crippen LogP contribution in [0.5, 0.6) is 0 Å². The van der Waals surface area contributed by atoms with E-state index in [0.29, 0.717) is 11.0 Å². The number of para-hydroxylation sites is 1. The number of carbonyl (C=O) groups excluding carboxylic acids is 1. The molecule has 1 unspecified atom stereocenters. The van der Waals surface area contributed by atoms with Crippen molar-refractivity contribution in [3.05, 3.63) is 35.9 Å². The number of nitrogens with one attached hydrogen (secondary N) is 1. The van der Waals surface area contributed by atoms with Crippen molar-refractivity contribution in [3.63, 3.8) is 0 Å². The molecule has 0 saturated heterocycles. The van der Waals surface area contributed by atoms with Crippen molar-refractivity contribution < 1.29 is 9.18 Å². The molecule has 0 saturated carbocycles. The van der Waals surface area contributed by atoms with Crippen LogP contribution in [0.4, 0.5) is 10.1 Å². The van der Waals surface area contributed by atoms with E-state index in [1.165, 1.54) is 28.6 Å². The van der Waals surface area contributed by atoms with E-state index in [2.05, 4.69) is 15.5 Å². The third-order valence-electron chi connectivity index (χ3n) is 3.12. The molecule has 1 atom stereocenters. The molecule has 1 amide bonds. The molecule has 2 rings (SSSR count). The SMILES string of the molecule is CC(Sc1nnc(C(C)(C)C)n1N)C(=O)Nc1ccccc1F. The fraction of sp³-hybridized carbons (Fsp3) is 0.400. The Morgan fingerprint density at radius 2 is 2.00 bits per heavy atom. The topological polar surface area (TPSA) is 85.8 Å². The van der Waals surface area contributed by atoms with Gasteiger partial charge in [-0.15, -0.1) is 10.2 Å². The van der Waals surface area contributed by atoms with Gasteiger partial charge in [-0.25, -0.2) is 9.07 Å². The van der Waals surface area contributed by atoms with Crippen LogP contribution in [0.3, 0.4) is 0 Å². The van der Waals surface area contributed by atoms with Crippen LogP contribution in [-0.4, -0.2) is 26.0 Å². The second kappa shape index (κ2) is 6.57. The molecule has 0 spiro atoms. The number of thioether (sulfide) groups is 1. The van der Waals surface area contributed by atoms with E-state index in [1.54, 1.807) is 19.1 Å². The summed E-state index contributed by atoms with van der Waals surface area (Å²) in [6.45, 7) is 7.63. The summed E-state index contributed by atoms with van der Waals surface area (Å²) < 4.78 is 15.0. The zero-order chi connectivity index (χ0) is 17.2. The molecule has 3 N–H and O–H groups in total. The Morgan fingerprint density at radius 1 is 1.35 bits per heavy atom. The van der Waals surface area contributed by atoms with E-state index >= 15 is 0 Å². The van der Waals surface area contributed by atoms with Crippen LogP contribution in [0.25, 0.3) is 0 Å². The van der Waals surface area contributed by atoms with Crippen molar-refractivity contribution in [1.82, 2.24) is 14.9 Å². The monoisotopic (exact) mass is 337 g/mol. The third kappa shape index (κ3) is 4.01. The zero-order valence-corrected chi connectivity index (χ0v) is 14.3. The number of benzene rings is 1. The van der Waals surface area contributed by atoms with Gasteiger partial charge < -0.3 is 11.2 Å². The standard InChI is InChI=1S/C15H20FN5OS/c1-9(12(22)18-11-8-6-5-7-10(11)16)23-14-20-19-13(21(14)17)15(2,3)4/h5-9H,17H2,1-4H3,(H,18,22). The van der Waals surface area contributed by atoms with Gasteiger partial charge in [-0.1, -0.05) is 44.7 Å². The Hall–Kier alpha value is -2.09. The molecule has 0 aliphatic carbocycles. The van der Waals surface area contributed by atoms with Gasteiger partial charge in [0.05, 0.1) is 10.9 Å². The Bertz CT molecular complexity index is 710. The lowest BCUT2D eigenvalue weighted by molar-refractivity contribution is -0.115. The van der Waals surface area contributed by atoms with E-state index in [-0.39, 0.29) is 17.0 Å². The first kappa shape index (κ1) is 17.3. The van der Waals surface area contributed by atoms with Crippen LogP contribution in [0.1, 0.15) is 33.5 Å². The van der Waals surface area contributed by atoms with Crippen LogP contribution in [-0.2, 0) is 10.2 Å². The van der Waals surface area contributed by atoms with Gasteiger partial charge in [-0.3, -0.25) is 4.79 Å². The van der Waals surface area contributed by atoms with E-state index in [4.69, 9.17) is 5.84 Å². The van der Waals surface area contributed by atoms with E-state index in [0.717, 1.165) is 0 Å². The minimum Gasteiger partial charge on any atom is -0.336 e. The van der Waals surface area contributed by atoms with Gasteiger partial charge in [0, 0.05) is 5.41 Å². The summed E-state index contributed by atoms with van der Waals surface area (Å²) >= 11 is 1.17. The van der Waals surface area contributed by atoms with Crippen molar-refractivity contribution in [2.75, 3.05) is 11.2 Å². The Labute approximate surface area is 138 Å². The number of nitrogens with zero attached hydrogens (tertiary/aromatic N) is 3. The Kier molecular flexibility index (Phi) is 4.93. The Morgan fingerprint density at radius 3 is 2.57 bits per heavy atom. The summed E-state index contributed by atoms with van der Waals surface area (Å²) in [4.78, 5) is 12.2. The number of nitrogens with two attached hydrogens (primary N) is 1. The highest BCUT2D eigenvalue weighted by Gasteiger charge is 2.25. The highest BCUT2D eigenvalue weighted by atomic mass is 32.2. The summed E-state index contributed by atoms with van der Waals surface area (Å²) in [5.74, 6) is 5.81. The summed E-state index contributed by atoms with van der Waals surface area (Å²) in [5, 5.41) is 10.6. The number of anilines is 1. The number of hydrogen-bond acceptors (Lipinski definition) is 5. The lowest BCUT2D eigenvalue weighted by Gasteiger charge is -2.17. The second-order valence-electron chi connectivity index (χ2n) is 6.16. The maximum atomic E-state index is 13.6. The summed E-state index contributed by atoms with van der Waals surface area (Å²) in [7, 11) is 0. The number of amides is 1. The van der Waals surface area contributed by atoms with Gasteiger partial charge in [-0.2, -0.15) is 0 Å². The summed E-state index contributed by atoms with van der Waals surface area (Å²) in [5.41, 5.74) is -0.103. The Balaban J connectivity index is 2.07. The predicted octanol–water partition coefficient (Wildman–Crippen LogP) is 2.55. The molecule has 0 fully saturated rings. The predicted molar refractivity (Wildman–Crippen MR) is 89.2 cm³/mol. The molecule has 1 aromatic carbocycles. The molecule has 0 aliphatic heterocycles. The first-order valence-corrected chi connectivity index (χ1v) is 8.01. The minimum atomic E-state index is -0.506. The van der Waals surface area contributed by atoms with Crippen molar-refractivity contribution in [1.29, 1.82) is 0 Å². The summed E-state index contributed by atoms with van der Waals surface area (Å²) in [6.07, 6.45) is 0. The first-order chi connectivity index (χ1) is 10.7. The largest absolute Gasteiger partial charge is 0.336 e. The molecule has 8 heteroatoms. The van der Waals surface area contributed by atoms with Crippen LogP contribution in [0.15, 0.2) is 29.4 Å². The molecule has 0 bridgehead atoms. The van der Waals surface area contributed by atoms with Gasteiger partial charge in [0.2, 0.25) is 11.1 Å². The second-order valence-corrected chi connectivity index (χ2v) is 7.46.